The number of amides is 2. The van der Waals surface area contributed by atoms with Crippen molar-refractivity contribution < 1.29 is 22.8 Å². The molecule has 0 saturated heterocycles. The molecule has 1 heterocycles. The number of nitrogens with one attached hydrogen (secondary N) is 1. The number of carbonyl (C=O) groups excluding carboxylic acids is 2. The van der Waals surface area contributed by atoms with Gasteiger partial charge < -0.3 is 5.32 Å². The lowest BCUT2D eigenvalue weighted by Gasteiger charge is -2.24. The first kappa shape index (κ1) is 17.7. The molecule has 1 N–H and O–H groups in total. The largest absolute Gasteiger partial charge is 0.416 e. The molecular weight excluding hydrogens is 345 g/mol. The molecule has 2 aromatic rings. The maximum absolute atomic E-state index is 12.8. The molecule has 3 rings (SSSR count). The van der Waals surface area contributed by atoms with E-state index in [0.717, 1.165) is 12.1 Å². The van der Waals surface area contributed by atoms with E-state index in [9.17, 15) is 22.8 Å². The summed E-state index contributed by atoms with van der Waals surface area (Å²) in [6.07, 6.45) is -4.51. The van der Waals surface area contributed by atoms with Crippen molar-refractivity contribution >= 4 is 23.2 Å². The minimum atomic E-state index is -4.51. The van der Waals surface area contributed by atoms with Gasteiger partial charge in [-0.3, -0.25) is 14.5 Å². The number of anilines is 1. The summed E-state index contributed by atoms with van der Waals surface area (Å²) in [6, 6.07) is 10.2. The molecule has 26 heavy (non-hydrogen) atoms. The molecule has 7 heteroatoms. The van der Waals surface area contributed by atoms with Gasteiger partial charge in [-0.15, -0.1) is 0 Å². The fourth-order valence-corrected chi connectivity index (χ4v) is 2.85. The Kier molecular flexibility index (Phi) is 4.31. The van der Waals surface area contributed by atoms with Crippen molar-refractivity contribution in [3.05, 3.63) is 71.8 Å². The van der Waals surface area contributed by atoms with Crippen LogP contribution >= 0.6 is 0 Å². The number of rotatable bonds is 3. The summed E-state index contributed by atoms with van der Waals surface area (Å²) in [6.45, 7) is 5.36. The highest BCUT2D eigenvalue weighted by Gasteiger charge is 2.37. The number of nitrogens with zero attached hydrogens (tertiary/aromatic N) is 1. The van der Waals surface area contributed by atoms with Crippen molar-refractivity contribution in [2.75, 3.05) is 5.32 Å². The van der Waals surface area contributed by atoms with Crippen molar-refractivity contribution in [1.29, 1.82) is 0 Å². The third-order valence-corrected chi connectivity index (χ3v) is 4.20. The SMILES string of the molecule is C=C1c2ccccc2C(=O)N1[C@H](C)C(=O)Nc1cccc(C(F)(F)F)c1. The molecule has 0 fully saturated rings. The summed E-state index contributed by atoms with van der Waals surface area (Å²) in [5.74, 6) is -0.969. The molecule has 0 bridgehead atoms. The van der Waals surface area contributed by atoms with Crippen LogP contribution in [0, 0.1) is 0 Å². The van der Waals surface area contributed by atoms with E-state index >= 15 is 0 Å². The Morgan fingerprint density at radius 3 is 2.38 bits per heavy atom. The third kappa shape index (κ3) is 3.08. The van der Waals surface area contributed by atoms with E-state index in [1.54, 1.807) is 24.3 Å². The van der Waals surface area contributed by atoms with Gasteiger partial charge in [0.25, 0.3) is 5.91 Å². The molecule has 4 nitrogen and oxygen atoms in total. The molecule has 2 amide bonds. The number of hydrogen-bond donors (Lipinski definition) is 1. The molecule has 1 atom stereocenters. The monoisotopic (exact) mass is 360 g/mol. The van der Waals surface area contributed by atoms with E-state index in [0.29, 0.717) is 16.8 Å². The van der Waals surface area contributed by atoms with Crippen molar-refractivity contribution in [3.63, 3.8) is 0 Å². The smallest absolute Gasteiger partial charge is 0.324 e. The summed E-state index contributed by atoms with van der Waals surface area (Å²) in [7, 11) is 0. The van der Waals surface area contributed by atoms with Gasteiger partial charge in [-0.2, -0.15) is 13.2 Å². The molecule has 1 aliphatic rings. The maximum Gasteiger partial charge on any atom is 0.416 e. The number of halogens is 3. The topological polar surface area (TPSA) is 49.4 Å². The summed E-state index contributed by atoms with van der Waals surface area (Å²) >= 11 is 0. The van der Waals surface area contributed by atoms with Gasteiger partial charge in [-0.1, -0.05) is 30.8 Å². The minimum absolute atomic E-state index is 0.00597. The van der Waals surface area contributed by atoms with Crippen LogP contribution in [0.15, 0.2) is 55.1 Å². The molecule has 0 spiro atoms. The first-order valence-corrected chi connectivity index (χ1v) is 7.80. The first-order chi connectivity index (χ1) is 12.2. The second kappa shape index (κ2) is 6.33. The van der Waals surface area contributed by atoms with Gasteiger partial charge in [0.1, 0.15) is 6.04 Å². The molecule has 0 radical (unpaired) electrons. The van der Waals surface area contributed by atoms with E-state index in [2.05, 4.69) is 11.9 Å². The number of benzene rings is 2. The predicted molar refractivity (Wildman–Crippen MR) is 91.2 cm³/mol. The predicted octanol–water partition coefficient (Wildman–Crippen LogP) is 4.16. The average molecular weight is 360 g/mol. The van der Waals surface area contributed by atoms with Crippen molar-refractivity contribution in [3.8, 4) is 0 Å². The lowest BCUT2D eigenvalue weighted by molar-refractivity contribution is -0.137. The number of hydrogen-bond acceptors (Lipinski definition) is 2. The van der Waals surface area contributed by atoms with Gasteiger partial charge in [0.15, 0.2) is 0 Å². The Bertz CT molecular complexity index is 871. The standard InChI is InChI=1S/C19H15F3N2O2/c1-11-15-8-3-4-9-16(15)18(26)24(11)12(2)17(25)23-14-7-5-6-13(10-14)19(20,21)22/h3-10,12H,1H2,2H3,(H,23,25)/t12-/m1/s1. The van der Waals surface area contributed by atoms with Gasteiger partial charge in [0, 0.05) is 22.5 Å². The molecule has 0 unspecified atom stereocenters. The van der Waals surface area contributed by atoms with Crippen LogP contribution in [-0.4, -0.2) is 22.8 Å². The second-order valence-corrected chi connectivity index (χ2v) is 5.91. The van der Waals surface area contributed by atoms with Gasteiger partial charge in [0.05, 0.1) is 5.56 Å². The van der Waals surface area contributed by atoms with Crippen molar-refractivity contribution in [2.45, 2.75) is 19.1 Å². The van der Waals surface area contributed by atoms with Crippen LogP contribution in [0.4, 0.5) is 18.9 Å². The average Bonchev–Trinajstić information content (AvgIpc) is 2.85. The molecule has 134 valence electrons. The minimum Gasteiger partial charge on any atom is -0.324 e. The van der Waals surface area contributed by atoms with E-state index in [1.807, 2.05) is 0 Å². The molecule has 0 saturated carbocycles. The van der Waals surface area contributed by atoms with Crippen LogP contribution in [0.1, 0.15) is 28.4 Å². The number of alkyl halides is 3. The normalized spacial score (nSPS) is 15.0. The second-order valence-electron chi connectivity index (χ2n) is 5.91. The first-order valence-electron chi connectivity index (χ1n) is 7.80. The van der Waals surface area contributed by atoms with Crippen molar-refractivity contribution in [2.24, 2.45) is 0 Å². The van der Waals surface area contributed by atoms with Gasteiger partial charge >= 0.3 is 6.18 Å². The van der Waals surface area contributed by atoms with Crippen LogP contribution in [0.25, 0.3) is 5.70 Å². The highest BCUT2D eigenvalue weighted by atomic mass is 19.4. The van der Waals surface area contributed by atoms with Gasteiger partial charge in [-0.05, 0) is 31.2 Å². The molecule has 0 aliphatic carbocycles. The summed E-state index contributed by atoms with van der Waals surface area (Å²) in [5, 5.41) is 2.43. The van der Waals surface area contributed by atoms with E-state index in [4.69, 9.17) is 0 Å². The zero-order chi connectivity index (χ0) is 19.1. The molecule has 2 aromatic carbocycles. The van der Waals surface area contributed by atoms with E-state index in [-0.39, 0.29) is 11.6 Å². The van der Waals surface area contributed by atoms with E-state index < -0.39 is 23.7 Å². The lowest BCUT2D eigenvalue weighted by Crippen LogP contribution is -2.41. The van der Waals surface area contributed by atoms with Crippen LogP contribution < -0.4 is 5.32 Å². The Hall–Kier alpha value is -3.09. The van der Waals surface area contributed by atoms with E-state index in [1.165, 1.54) is 24.0 Å². The van der Waals surface area contributed by atoms with Crippen LogP contribution in [-0.2, 0) is 11.0 Å². The number of carbonyl (C=O) groups is 2. The summed E-state index contributed by atoms with van der Waals surface area (Å²) < 4.78 is 38.4. The Morgan fingerprint density at radius 1 is 1.12 bits per heavy atom. The molecular formula is C19H15F3N2O2. The van der Waals surface area contributed by atoms with Crippen molar-refractivity contribution in [1.82, 2.24) is 4.90 Å². The van der Waals surface area contributed by atoms with Gasteiger partial charge in [-0.25, -0.2) is 0 Å². The van der Waals surface area contributed by atoms with Crippen LogP contribution in [0.5, 0.6) is 0 Å². The highest BCUT2D eigenvalue weighted by molar-refractivity contribution is 6.11. The highest BCUT2D eigenvalue weighted by Crippen LogP contribution is 2.34. The fourth-order valence-electron chi connectivity index (χ4n) is 2.85. The zero-order valence-corrected chi connectivity index (χ0v) is 13.8. The number of fused-ring (bicyclic) bond motifs is 1. The fraction of sp³-hybridized carbons (Fsp3) is 0.158. The quantitative estimate of drug-likeness (QED) is 0.894. The maximum atomic E-state index is 12.8. The Morgan fingerprint density at radius 2 is 1.77 bits per heavy atom. The van der Waals surface area contributed by atoms with Crippen LogP contribution in [0.3, 0.4) is 0 Å². The molecule has 1 aliphatic heterocycles. The lowest BCUT2D eigenvalue weighted by atomic mass is 10.1. The zero-order valence-electron chi connectivity index (χ0n) is 13.8. The van der Waals surface area contributed by atoms with Gasteiger partial charge in [0.2, 0.25) is 5.91 Å². The molecule has 0 aromatic heterocycles. The Balaban J connectivity index is 1.80. The summed E-state index contributed by atoms with van der Waals surface area (Å²) in [5.41, 5.74) is 0.605. The third-order valence-electron chi connectivity index (χ3n) is 4.20. The summed E-state index contributed by atoms with van der Waals surface area (Å²) in [4.78, 5) is 26.2. The Labute approximate surface area is 147 Å². The van der Waals surface area contributed by atoms with Crippen LogP contribution in [0.2, 0.25) is 0 Å².